The Morgan fingerprint density at radius 2 is 1.64 bits per heavy atom. The summed E-state index contributed by atoms with van der Waals surface area (Å²) < 4.78 is 2.07. The van der Waals surface area contributed by atoms with Gasteiger partial charge in [0.1, 0.15) is 5.25 Å². The predicted octanol–water partition coefficient (Wildman–Crippen LogP) is 5.09. The third kappa shape index (κ3) is 5.31. The molecule has 2 heterocycles. The fraction of sp³-hybridized carbons (Fsp3) is 0.231. The molecule has 4 rings (SSSR count). The van der Waals surface area contributed by atoms with Crippen molar-refractivity contribution >= 4 is 17.7 Å². The monoisotopic (exact) mass is 457 g/mol. The molecule has 1 unspecified atom stereocenters. The Hall–Kier alpha value is -3.45. The number of carbonyl (C=O) groups excluding carboxylic acids is 1. The van der Waals surface area contributed by atoms with Gasteiger partial charge in [0.25, 0.3) is 0 Å². The van der Waals surface area contributed by atoms with E-state index in [1.165, 1.54) is 11.8 Å². The molecule has 4 aromatic rings. The van der Waals surface area contributed by atoms with E-state index in [0.29, 0.717) is 24.8 Å². The maximum Gasteiger partial charge on any atom is 0.240 e. The number of pyridine rings is 1. The van der Waals surface area contributed by atoms with Crippen LogP contribution in [0.3, 0.4) is 0 Å². The first-order chi connectivity index (χ1) is 16.2. The van der Waals surface area contributed by atoms with Gasteiger partial charge in [-0.2, -0.15) is 0 Å². The van der Waals surface area contributed by atoms with E-state index in [2.05, 4.69) is 31.9 Å². The van der Waals surface area contributed by atoms with Gasteiger partial charge in [0.05, 0.1) is 6.54 Å². The molecule has 0 bridgehead atoms. The molecule has 168 valence electrons. The van der Waals surface area contributed by atoms with Crippen LogP contribution in [-0.4, -0.2) is 43.6 Å². The smallest absolute Gasteiger partial charge is 0.240 e. The standard InChI is InChI=1S/C26H27N5OS/c1-3-30(4-2)25(32)23(21-14-9-6-10-15-21)33-26-29-28-24(22-16-11-17-27-18-22)31(26)19-20-12-7-5-8-13-20/h5-18,23H,3-4,19H2,1-2H3. The van der Waals surface area contributed by atoms with E-state index in [4.69, 9.17) is 0 Å². The molecule has 0 aliphatic heterocycles. The second kappa shape index (κ2) is 10.9. The van der Waals surface area contributed by atoms with E-state index < -0.39 is 5.25 Å². The van der Waals surface area contributed by atoms with Gasteiger partial charge in [0.2, 0.25) is 5.91 Å². The Balaban J connectivity index is 1.76. The summed E-state index contributed by atoms with van der Waals surface area (Å²) in [6, 6.07) is 24.0. The summed E-state index contributed by atoms with van der Waals surface area (Å²) in [5, 5.41) is 9.32. The molecule has 6 nitrogen and oxygen atoms in total. The Bertz CT molecular complexity index is 1160. The molecule has 7 heteroatoms. The number of hydrogen-bond donors (Lipinski definition) is 0. The summed E-state index contributed by atoms with van der Waals surface area (Å²) in [5.74, 6) is 0.810. The number of carbonyl (C=O) groups is 1. The number of benzene rings is 2. The number of likely N-dealkylation sites (N-methyl/N-ethyl adjacent to an activating group) is 1. The highest BCUT2D eigenvalue weighted by Crippen LogP contribution is 2.37. The predicted molar refractivity (Wildman–Crippen MR) is 132 cm³/mol. The molecule has 33 heavy (non-hydrogen) atoms. The van der Waals surface area contributed by atoms with Gasteiger partial charge < -0.3 is 4.90 Å². The van der Waals surface area contributed by atoms with Gasteiger partial charge in [-0.05, 0) is 37.1 Å². The van der Waals surface area contributed by atoms with Crippen LogP contribution in [0, 0.1) is 0 Å². The van der Waals surface area contributed by atoms with Crippen LogP contribution in [0.5, 0.6) is 0 Å². The van der Waals surface area contributed by atoms with E-state index in [1.54, 1.807) is 12.4 Å². The number of nitrogens with zero attached hydrogens (tertiary/aromatic N) is 5. The van der Waals surface area contributed by atoms with Crippen molar-refractivity contribution in [2.45, 2.75) is 30.8 Å². The topological polar surface area (TPSA) is 63.9 Å². The van der Waals surface area contributed by atoms with E-state index >= 15 is 0 Å². The first-order valence-corrected chi connectivity index (χ1v) is 12.0. The Morgan fingerprint density at radius 1 is 0.939 bits per heavy atom. The van der Waals surface area contributed by atoms with Crippen LogP contribution in [0.2, 0.25) is 0 Å². The van der Waals surface area contributed by atoms with Crippen LogP contribution >= 0.6 is 11.8 Å². The van der Waals surface area contributed by atoms with Gasteiger partial charge in [-0.15, -0.1) is 10.2 Å². The summed E-state index contributed by atoms with van der Waals surface area (Å²) in [6.45, 7) is 5.94. The number of aromatic nitrogens is 4. The Morgan fingerprint density at radius 3 is 2.27 bits per heavy atom. The van der Waals surface area contributed by atoms with Crippen molar-refractivity contribution in [1.29, 1.82) is 0 Å². The van der Waals surface area contributed by atoms with E-state index in [9.17, 15) is 4.79 Å². The molecule has 2 aromatic carbocycles. The molecular formula is C26H27N5OS. The SMILES string of the molecule is CCN(CC)C(=O)C(Sc1nnc(-c2cccnc2)n1Cc1ccccc1)c1ccccc1. The Kier molecular flexibility index (Phi) is 7.52. The number of thioether (sulfide) groups is 1. The maximum absolute atomic E-state index is 13.5. The highest BCUT2D eigenvalue weighted by atomic mass is 32.2. The van der Waals surface area contributed by atoms with Crippen LogP contribution in [0.15, 0.2) is 90.3 Å². The van der Waals surface area contributed by atoms with Crippen molar-refractivity contribution in [1.82, 2.24) is 24.6 Å². The third-order valence-corrected chi connectivity index (χ3v) is 6.67. The molecule has 0 saturated carbocycles. The molecule has 0 spiro atoms. The number of amides is 1. The molecule has 0 radical (unpaired) electrons. The van der Waals surface area contributed by atoms with Crippen LogP contribution in [0.25, 0.3) is 11.4 Å². The minimum Gasteiger partial charge on any atom is -0.342 e. The molecule has 0 aliphatic carbocycles. The molecule has 2 aromatic heterocycles. The lowest BCUT2D eigenvalue weighted by molar-refractivity contribution is -0.130. The molecule has 0 N–H and O–H groups in total. The summed E-state index contributed by atoms with van der Waals surface area (Å²) in [5.41, 5.74) is 2.98. The highest BCUT2D eigenvalue weighted by Gasteiger charge is 2.28. The van der Waals surface area contributed by atoms with Crippen molar-refractivity contribution < 1.29 is 4.79 Å². The van der Waals surface area contributed by atoms with Crippen molar-refractivity contribution in [3.8, 4) is 11.4 Å². The normalized spacial score (nSPS) is 11.8. The number of hydrogen-bond acceptors (Lipinski definition) is 5. The highest BCUT2D eigenvalue weighted by molar-refractivity contribution is 8.00. The maximum atomic E-state index is 13.5. The molecule has 1 atom stereocenters. The van der Waals surface area contributed by atoms with Crippen molar-refractivity contribution in [2.75, 3.05) is 13.1 Å². The van der Waals surface area contributed by atoms with Gasteiger partial charge in [-0.1, -0.05) is 72.4 Å². The quantitative estimate of drug-likeness (QED) is 0.328. The average Bonchev–Trinajstić information content (AvgIpc) is 3.26. The summed E-state index contributed by atoms with van der Waals surface area (Å²) in [6.07, 6.45) is 3.53. The summed E-state index contributed by atoms with van der Waals surface area (Å²) in [4.78, 5) is 19.6. The van der Waals surface area contributed by atoms with Crippen molar-refractivity contribution in [3.63, 3.8) is 0 Å². The van der Waals surface area contributed by atoms with Gasteiger partial charge in [0, 0.05) is 31.0 Å². The zero-order valence-electron chi connectivity index (χ0n) is 18.8. The van der Waals surface area contributed by atoms with Crippen LogP contribution in [0.4, 0.5) is 0 Å². The fourth-order valence-corrected chi connectivity index (χ4v) is 4.81. The molecular weight excluding hydrogens is 430 g/mol. The molecule has 1 amide bonds. The average molecular weight is 458 g/mol. The Labute approximate surface area is 198 Å². The zero-order valence-corrected chi connectivity index (χ0v) is 19.7. The molecule has 0 fully saturated rings. The molecule has 0 saturated heterocycles. The summed E-state index contributed by atoms with van der Waals surface area (Å²) in [7, 11) is 0. The largest absolute Gasteiger partial charge is 0.342 e. The minimum absolute atomic E-state index is 0.0772. The first-order valence-electron chi connectivity index (χ1n) is 11.1. The molecule has 0 aliphatic rings. The van der Waals surface area contributed by atoms with E-state index in [0.717, 1.165) is 22.5 Å². The van der Waals surface area contributed by atoms with Crippen LogP contribution < -0.4 is 0 Å². The first kappa shape index (κ1) is 22.7. The summed E-state index contributed by atoms with van der Waals surface area (Å²) >= 11 is 1.45. The van der Waals surface area contributed by atoms with Crippen LogP contribution in [0.1, 0.15) is 30.2 Å². The van der Waals surface area contributed by atoms with Crippen LogP contribution in [-0.2, 0) is 11.3 Å². The second-order valence-electron chi connectivity index (χ2n) is 7.54. The van der Waals surface area contributed by atoms with Gasteiger partial charge in [-0.3, -0.25) is 14.3 Å². The second-order valence-corrected chi connectivity index (χ2v) is 8.61. The zero-order chi connectivity index (χ0) is 23.0. The van der Waals surface area contributed by atoms with Crippen molar-refractivity contribution in [3.05, 3.63) is 96.3 Å². The van der Waals surface area contributed by atoms with E-state index in [1.807, 2.05) is 79.4 Å². The minimum atomic E-state index is -0.411. The third-order valence-electron chi connectivity index (χ3n) is 5.45. The van der Waals surface area contributed by atoms with E-state index in [-0.39, 0.29) is 5.91 Å². The fourth-order valence-electron chi connectivity index (χ4n) is 3.69. The lowest BCUT2D eigenvalue weighted by Crippen LogP contribution is -2.34. The lowest BCUT2D eigenvalue weighted by atomic mass is 10.1. The number of rotatable bonds is 9. The van der Waals surface area contributed by atoms with Crippen molar-refractivity contribution in [2.24, 2.45) is 0 Å². The lowest BCUT2D eigenvalue weighted by Gasteiger charge is -2.25. The van der Waals surface area contributed by atoms with Gasteiger partial charge >= 0.3 is 0 Å². The van der Waals surface area contributed by atoms with Gasteiger partial charge in [0.15, 0.2) is 11.0 Å². The van der Waals surface area contributed by atoms with Gasteiger partial charge in [-0.25, -0.2) is 0 Å².